The molecular formula is C15H15FO4S. The Kier molecular flexibility index (Phi) is 5.27. The minimum Gasteiger partial charge on any atom is -0.490 e. The number of carbonyl (C=O) groups is 1. The van der Waals surface area contributed by atoms with E-state index in [4.69, 9.17) is 13.9 Å². The molecule has 0 radical (unpaired) electrons. The van der Waals surface area contributed by atoms with E-state index >= 15 is 0 Å². The van der Waals surface area contributed by atoms with E-state index in [0.29, 0.717) is 10.8 Å². The average molecular weight is 310 g/mol. The summed E-state index contributed by atoms with van der Waals surface area (Å²) in [6.07, 6.45) is 1.37. The van der Waals surface area contributed by atoms with Gasteiger partial charge in [-0.3, -0.25) is 0 Å². The molecule has 0 spiro atoms. The van der Waals surface area contributed by atoms with Crippen molar-refractivity contribution in [3.63, 3.8) is 0 Å². The first-order valence-corrected chi connectivity index (χ1v) is 7.54. The Morgan fingerprint density at radius 3 is 2.86 bits per heavy atom. The van der Waals surface area contributed by atoms with Crippen molar-refractivity contribution in [3.05, 3.63) is 48.0 Å². The normalized spacial score (nSPS) is 12.0. The summed E-state index contributed by atoms with van der Waals surface area (Å²) in [6, 6.07) is 9.05. The van der Waals surface area contributed by atoms with Crippen LogP contribution in [-0.2, 0) is 4.74 Å². The van der Waals surface area contributed by atoms with Crippen molar-refractivity contribution in [2.45, 2.75) is 18.1 Å². The number of rotatable bonds is 6. The van der Waals surface area contributed by atoms with Gasteiger partial charge in [0.25, 0.3) is 0 Å². The monoisotopic (exact) mass is 310 g/mol. The lowest BCUT2D eigenvalue weighted by atomic mass is 10.3. The van der Waals surface area contributed by atoms with Crippen molar-refractivity contribution in [3.8, 4) is 5.75 Å². The molecule has 6 heteroatoms. The summed E-state index contributed by atoms with van der Waals surface area (Å²) >= 11 is 1.40. The fourth-order valence-electron chi connectivity index (χ4n) is 1.58. The average Bonchev–Trinajstić information content (AvgIpc) is 2.94. The molecule has 1 unspecified atom stereocenters. The van der Waals surface area contributed by atoms with Gasteiger partial charge in [-0.05, 0) is 37.4 Å². The van der Waals surface area contributed by atoms with Gasteiger partial charge in [0.2, 0.25) is 5.76 Å². The van der Waals surface area contributed by atoms with E-state index in [2.05, 4.69) is 0 Å². The third-order valence-electron chi connectivity index (χ3n) is 2.57. The van der Waals surface area contributed by atoms with Gasteiger partial charge in [0.1, 0.15) is 24.3 Å². The van der Waals surface area contributed by atoms with Gasteiger partial charge < -0.3 is 13.9 Å². The molecule has 0 amide bonds. The maximum atomic E-state index is 13.0. The Bertz CT molecular complexity index is 611. The molecular weight excluding hydrogens is 295 g/mol. The molecule has 1 heterocycles. The fourth-order valence-corrected chi connectivity index (χ4v) is 1.96. The van der Waals surface area contributed by atoms with E-state index in [0.717, 1.165) is 0 Å². The fraction of sp³-hybridized carbons (Fsp3) is 0.267. The number of carbonyl (C=O) groups excluding carboxylic acids is 1. The zero-order valence-electron chi connectivity index (χ0n) is 11.7. The number of halogens is 1. The second-order valence-electron chi connectivity index (χ2n) is 4.31. The van der Waals surface area contributed by atoms with E-state index < -0.39 is 12.1 Å². The molecule has 0 bridgehead atoms. The molecule has 4 nitrogen and oxygen atoms in total. The largest absolute Gasteiger partial charge is 0.490 e. The highest BCUT2D eigenvalue weighted by atomic mass is 32.2. The number of thioether (sulfide) groups is 1. The Morgan fingerprint density at radius 2 is 2.19 bits per heavy atom. The molecule has 0 saturated heterocycles. The minimum absolute atomic E-state index is 0.130. The van der Waals surface area contributed by atoms with E-state index in [1.165, 1.54) is 23.9 Å². The molecule has 0 aliphatic carbocycles. The summed E-state index contributed by atoms with van der Waals surface area (Å²) < 4.78 is 28.8. The predicted octanol–water partition coefficient (Wildman–Crippen LogP) is 3.76. The zero-order valence-corrected chi connectivity index (χ0v) is 12.5. The molecule has 2 aromatic rings. The summed E-state index contributed by atoms with van der Waals surface area (Å²) in [7, 11) is 0. The van der Waals surface area contributed by atoms with E-state index in [-0.39, 0.29) is 18.2 Å². The lowest BCUT2D eigenvalue weighted by molar-refractivity contribution is 0.0190. The molecule has 21 heavy (non-hydrogen) atoms. The molecule has 1 aromatic carbocycles. The van der Waals surface area contributed by atoms with E-state index in [1.54, 1.807) is 31.2 Å². The van der Waals surface area contributed by atoms with Crippen molar-refractivity contribution in [1.29, 1.82) is 0 Å². The molecule has 112 valence electrons. The van der Waals surface area contributed by atoms with Gasteiger partial charge in [0, 0.05) is 6.07 Å². The summed E-state index contributed by atoms with van der Waals surface area (Å²) in [5, 5.41) is 0.644. The second-order valence-corrected chi connectivity index (χ2v) is 5.12. The van der Waals surface area contributed by atoms with Gasteiger partial charge in [0.05, 0.1) is 0 Å². The van der Waals surface area contributed by atoms with Crippen LogP contribution in [-0.4, -0.2) is 24.9 Å². The van der Waals surface area contributed by atoms with Gasteiger partial charge in [0.15, 0.2) is 5.09 Å². The molecule has 0 saturated carbocycles. The van der Waals surface area contributed by atoms with Crippen LogP contribution < -0.4 is 4.74 Å². The van der Waals surface area contributed by atoms with Crippen molar-refractivity contribution in [2.75, 3.05) is 12.9 Å². The third-order valence-corrected chi connectivity index (χ3v) is 3.19. The van der Waals surface area contributed by atoms with Crippen molar-refractivity contribution < 1.29 is 23.1 Å². The number of esters is 1. The number of benzene rings is 1. The topological polar surface area (TPSA) is 48.7 Å². The van der Waals surface area contributed by atoms with Gasteiger partial charge in [-0.2, -0.15) is 0 Å². The smallest absolute Gasteiger partial charge is 0.374 e. The van der Waals surface area contributed by atoms with Crippen molar-refractivity contribution in [2.24, 2.45) is 0 Å². The highest BCUT2D eigenvalue weighted by Gasteiger charge is 2.16. The van der Waals surface area contributed by atoms with Crippen LogP contribution in [0.25, 0.3) is 0 Å². The van der Waals surface area contributed by atoms with Gasteiger partial charge in [-0.15, -0.1) is 0 Å². The number of furan rings is 1. The Labute approximate surface area is 126 Å². The maximum Gasteiger partial charge on any atom is 0.374 e. The quantitative estimate of drug-likeness (QED) is 0.600. The molecule has 0 aliphatic heterocycles. The Morgan fingerprint density at radius 1 is 1.38 bits per heavy atom. The maximum absolute atomic E-state index is 13.0. The number of hydrogen-bond acceptors (Lipinski definition) is 5. The molecule has 0 fully saturated rings. The first kappa shape index (κ1) is 15.4. The number of ether oxygens (including phenoxy) is 2. The van der Waals surface area contributed by atoms with Gasteiger partial charge in [-0.1, -0.05) is 17.8 Å². The highest BCUT2D eigenvalue weighted by Crippen LogP contribution is 2.19. The summed E-state index contributed by atoms with van der Waals surface area (Å²) in [5.74, 6) is -0.388. The predicted molar refractivity (Wildman–Crippen MR) is 77.3 cm³/mol. The van der Waals surface area contributed by atoms with E-state index in [1.807, 2.05) is 6.26 Å². The molecule has 0 aliphatic rings. The van der Waals surface area contributed by atoms with Crippen LogP contribution in [0.3, 0.4) is 0 Å². The molecule has 0 N–H and O–H groups in total. The van der Waals surface area contributed by atoms with Crippen LogP contribution in [0, 0.1) is 5.82 Å². The Hall–Kier alpha value is -1.95. The van der Waals surface area contributed by atoms with Crippen LogP contribution in [0.5, 0.6) is 5.75 Å². The second kappa shape index (κ2) is 7.17. The van der Waals surface area contributed by atoms with E-state index in [9.17, 15) is 9.18 Å². The van der Waals surface area contributed by atoms with Gasteiger partial charge >= 0.3 is 5.97 Å². The molecule has 1 atom stereocenters. The van der Waals surface area contributed by atoms with Crippen LogP contribution in [0.15, 0.2) is 45.9 Å². The summed E-state index contributed by atoms with van der Waals surface area (Å²) in [4.78, 5) is 11.8. The minimum atomic E-state index is -0.550. The molecule has 2 rings (SSSR count). The van der Waals surface area contributed by atoms with Crippen molar-refractivity contribution in [1.82, 2.24) is 0 Å². The molecule has 1 aromatic heterocycles. The highest BCUT2D eigenvalue weighted by molar-refractivity contribution is 7.98. The lowest BCUT2D eigenvalue weighted by Crippen LogP contribution is -2.21. The zero-order chi connectivity index (χ0) is 15.2. The van der Waals surface area contributed by atoms with Crippen LogP contribution in [0.1, 0.15) is 17.5 Å². The first-order chi connectivity index (χ1) is 10.1. The van der Waals surface area contributed by atoms with Crippen LogP contribution >= 0.6 is 11.8 Å². The van der Waals surface area contributed by atoms with Crippen molar-refractivity contribution >= 4 is 17.7 Å². The lowest BCUT2D eigenvalue weighted by Gasteiger charge is -2.13. The SMILES string of the molecule is CSc1ccc(C(=O)OC(C)COc2cccc(F)c2)o1. The first-order valence-electron chi connectivity index (χ1n) is 6.31. The summed E-state index contributed by atoms with van der Waals surface area (Å²) in [6.45, 7) is 1.82. The van der Waals surface area contributed by atoms with Crippen LogP contribution in [0.2, 0.25) is 0 Å². The standard InChI is InChI=1S/C15H15FO4S/c1-10(9-18-12-5-3-4-11(16)8-12)19-15(17)13-6-7-14(20-13)21-2/h3-8,10H,9H2,1-2H3. The van der Waals surface area contributed by atoms with Crippen LogP contribution in [0.4, 0.5) is 4.39 Å². The Balaban J connectivity index is 1.83. The third kappa shape index (κ3) is 4.53. The van der Waals surface area contributed by atoms with Gasteiger partial charge in [-0.25, -0.2) is 9.18 Å². The number of hydrogen-bond donors (Lipinski definition) is 0. The summed E-state index contributed by atoms with van der Waals surface area (Å²) in [5.41, 5.74) is 0.